The molecule has 0 aromatic heterocycles. The molecule has 4 unspecified atom stereocenters. The first kappa shape index (κ1) is 15.1. The van der Waals surface area contributed by atoms with Crippen molar-refractivity contribution in [3.8, 4) is 0 Å². The topological polar surface area (TPSA) is 70.6 Å². The van der Waals surface area contributed by atoms with Crippen molar-refractivity contribution < 1.29 is 14.6 Å². The van der Waals surface area contributed by atoms with Crippen molar-refractivity contribution in [2.24, 2.45) is 17.3 Å². The average Bonchev–Trinajstić information content (AvgIpc) is 2.77. The van der Waals surface area contributed by atoms with Gasteiger partial charge in [0.15, 0.2) is 0 Å². The zero-order valence-corrected chi connectivity index (χ0v) is 13.3. The van der Waals surface area contributed by atoms with Gasteiger partial charge in [0.25, 0.3) is 0 Å². The summed E-state index contributed by atoms with van der Waals surface area (Å²) in [5, 5.41) is 16.2. The average molecular weight is 296 g/mol. The molecular formula is C16H28N2O3. The maximum Gasteiger partial charge on any atom is 0.315 e. The summed E-state index contributed by atoms with van der Waals surface area (Å²) in [7, 11) is 0. The van der Waals surface area contributed by atoms with E-state index in [1.165, 1.54) is 19.3 Å². The van der Waals surface area contributed by atoms with Crippen LogP contribution in [0, 0.1) is 17.3 Å². The molecule has 0 aromatic rings. The van der Waals surface area contributed by atoms with E-state index in [4.69, 9.17) is 4.74 Å². The van der Waals surface area contributed by atoms with Crippen LogP contribution in [0.25, 0.3) is 0 Å². The standard InChI is InChI=1S/C16H28N2O3/c1-10(2)15(3,20)9-17-14(19)18-12-11-5-8-21-13(11)16(12)6-4-7-16/h10-13,20H,4-9H2,1-3H3,(H2,17,18,19). The molecule has 21 heavy (non-hydrogen) atoms. The molecule has 2 amide bonds. The molecule has 0 aromatic carbocycles. The number of hydrogen-bond donors (Lipinski definition) is 3. The smallest absolute Gasteiger partial charge is 0.315 e. The van der Waals surface area contributed by atoms with Crippen molar-refractivity contribution >= 4 is 6.03 Å². The Balaban J connectivity index is 1.53. The van der Waals surface area contributed by atoms with Crippen molar-refractivity contribution in [1.29, 1.82) is 0 Å². The van der Waals surface area contributed by atoms with Gasteiger partial charge in [-0.15, -0.1) is 0 Å². The number of carbonyl (C=O) groups excluding carboxylic acids is 1. The highest BCUT2D eigenvalue weighted by Gasteiger charge is 2.66. The SMILES string of the molecule is CC(C)C(C)(O)CNC(=O)NC1C2CCOC2C12CCC2. The summed E-state index contributed by atoms with van der Waals surface area (Å²) in [5.74, 6) is 0.591. The van der Waals surface area contributed by atoms with Gasteiger partial charge in [0.1, 0.15) is 0 Å². The lowest BCUT2D eigenvalue weighted by Crippen LogP contribution is -2.72. The molecule has 3 rings (SSSR count). The van der Waals surface area contributed by atoms with E-state index in [0.29, 0.717) is 12.0 Å². The van der Waals surface area contributed by atoms with Crippen molar-refractivity contribution in [3.05, 3.63) is 0 Å². The normalized spacial score (nSPS) is 35.6. The molecule has 1 heterocycles. The first-order valence-electron chi connectivity index (χ1n) is 8.25. The molecular weight excluding hydrogens is 268 g/mol. The summed E-state index contributed by atoms with van der Waals surface area (Å²) in [4.78, 5) is 12.2. The second kappa shape index (κ2) is 5.13. The van der Waals surface area contributed by atoms with E-state index in [1.54, 1.807) is 6.92 Å². The van der Waals surface area contributed by atoms with Gasteiger partial charge in [-0.25, -0.2) is 4.79 Å². The van der Waals surface area contributed by atoms with E-state index in [2.05, 4.69) is 10.6 Å². The summed E-state index contributed by atoms with van der Waals surface area (Å²) in [6.45, 7) is 6.78. The zero-order valence-electron chi connectivity index (χ0n) is 13.3. The van der Waals surface area contributed by atoms with E-state index < -0.39 is 5.60 Å². The summed E-state index contributed by atoms with van der Waals surface area (Å²) < 4.78 is 5.86. The van der Waals surface area contributed by atoms with Crippen LogP contribution in [0.4, 0.5) is 4.79 Å². The van der Waals surface area contributed by atoms with E-state index in [1.807, 2.05) is 13.8 Å². The molecule has 4 atom stereocenters. The number of carbonyl (C=O) groups is 1. The lowest BCUT2D eigenvalue weighted by Gasteiger charge is -2.63. The van der Waals surface area contributed by atoms with Gasteiger partial charge in [-0.3, -0.25) is 0 Å². The number of fused-ring (bicyclic) bond motifs is 2. The number of rotatable bonds is 4. The molecule has 1 saturated heterocycles. The van der Waals surface area contributed by atoms with Crippen LogP contribution >= 0.6 is 0 Å². The van der Waals surface area contributed by atoms with Gasteiger partial charge in [-0.2, -0.15) is 0 Å². The van der Waals surface area contributed by atoms with E-state index in [-0.39, 0.29) is 30.0 Å². The van der Waals surface area contributed by atoms with E-state index >= 15 is 0 Å². The Labute approximate surface area is 126 Å². The highest BCUT2D eigenvalue weighted by atomic mass is 16.5. The Bertz CT molecular complexity index is 418. The minimum atomic E-state index is -0.871. The highest BCUT2D eigenvalue weighted by Crippen LogP contribution is 2.62. The number of aliphatic hydroxyl groups is 1. The van der Waals surface area contributed by atoms with Crippen molar-refractivity contribution in [2.75, 3.05) is 13.2 Å². The lowest BCUT2D eigenvalue weighted by atomic mass is 9.46. The lowest BCUT2D eigenvalue weighted by molar-refractivity contribution is -0.172. The van der Waals surface area contributed by atoms with Gasteiger partial charge in [-0.1, -0.05) is 20.3 Å². The quantitative estimate of drug-likeness (QED) is 0.739. The molecule has 0 bridgehead atoms. The van der Waals surface area contributed by atoms with E-state index in [9.17, 15) is 9.90 Å². The Morgan fingerprint density at radius 1 is 1.48 bits per heavy atom. The molecule has 1 aliphatic heterocycles. The molecule has 2 aliphatic carbocycles. The number of nitrogens with one attached hydrogen (secondary N) is 2. The fourth-order valence-electron chi connectivity index (χ4n) is 4.11. The van der Waals surface area contributed by atoms with Crippen LogP contribution in [0.5, 0.6) is 0 Å². The predicted octanol–water partition coefficient (Wildman–Crippen LogP) is 1.65. The fourth-order valence-corrected chi connectivity index (χ4v) is 4.11. The number of amides is 2. The third-order valence-corrected chi connectivity index (χ3v) is 6.17. The number of hydrogen-bond acceptors (Lipinski definition) is 3. The van der Waals surface area contributed by atoms with Gasteiger partial charge in [-0.05, 0) is 32.1 Å². The summed E-state index contributed by atoms with van der Waals surface area (Å²) in [5.41, 5.74) is -0.664. The Kier molecular flexibility index (Phi) is 3.69. The largest absolute Gasteiger partial charge is 0.388 e. The molecule has 3 N–H and O–H groups in total. The molecule has 2 saturated carbocycles. The fraction of sp³-hybridized carbons (Fsp3) is 0.938. The van der Waals surface area contributed by atoms with Crippen LogP contribution < -0.4 is 10.6 Å². The first-order chi connectivity index (χ1) is 9.87. The van der Waals surface area contributed by atoms with Crippen molar-refractivity contribution in [1.82, 2.24) is 10.6 Å². The Morgan fingerprint density at radius 2 is 2.19 bits per heavy atom. The molecule has 5 heteroatoms. The minimum absolute atomic E-state index is 0.104. The van der Waals surface area contributed by atoms with Gasteiger partial charge < -0.3 is 20.5 Å². The monoisotopic (exact) mass is 296 g/mol. The summed E-state index contributed by atoms with van der Waals surface area (Å²) >= 11 is 0. The molecule has 3 fully saturated rings. The maximum atomic E-state index is 12.2. The maximum absolute atomic E-state index is 12.2. The molecule has 0 radical (unpaired) electrons. The van der Waals surface area contributed by atoms with Crippen LogP contribution in [0.1, 0.15) is 46.5 Å². The van der Waals surface area contributed by atoms with Crippen molar-refractivity contribution in [3.63, 3.8) is 0 Å². The van der Waals surface area contributed by atoms with Gasteiger partial charge >= 0.3 is 6.03 Å². The first-order valence-corrected chi connectivity index (χ1v) is 8.25. The third-order valence-electron chi connectivity index (χ3n) is 6.17. The highest BCUT2D eigenvalue weighted by molar-refractivity contribution is 5.74. The van der Waals surface area contributed by atoms with Crippen LogP contribution in [-0.4, -0.2) is 42.0 Å². The Hall–Kier alpha value is -0.810. The van der Waals surface area contributed by atoms with Crippen LogP contribution in [0.2, 0.25) is 0 Å². The Morgan fingerprint density at radius 3 is 2.76 bits per heavy atom. The van der Waals surface area contributed by atoms with E-state index in [0.717, 1.165) is 13.0 Å². The third kappa shape index (κ3) is 2.34. The van der Waals surface area contributed by atoms with Gasteiger partial charge in [0.2, 0.25) is 0 Å². The van der Waals surface area contributed by atoms with Crippen molar-refractivity contribution in [2.45, 2.75) is 64.2 Å². The molecule has 1 spiro atoms. The molecule has 120 valence electrons. The number of ether oxygens (including phenoxy) is 1. The van der Waals surface area contributed by atoms with Crippen LogP contribution in [-0.2, 0) is 4.74 Å². The minimum Gasteiger partial charge on any atom is -0.388 e. The molecule has 5 nitrogen and oxygen atoms in total. The molecule has 3 aliphatic rings. The van der Waals surface area contributed by atoms with Gasteiger partial charge in [0, 0.05) is 30.5 Å². The number of urea groups is 1. The second-order valence-corrected chi connectivity index (χ2v) is 7.65. The van der Waals surface area contributed by atoms with Gasteiger partial charge in [0.05, 0.1) is 11.7 Å². The zero-order chi connectivity index (χ0) is 15.3. The van der Waals surface area contributed by atoms with Crippen LogP contribution in [0.15, 0.2) is 0 Å². The summed E-state index contributed by atoms with van der Waals surface area (Å²) in [6, 6.07) is 0.0975. The second-order valence-electron chi connectivity index (χ2n) is 7.65. The summed E-state index contributed by atoms with van der Waals surface area (Å²) in [6.07, 6.45) is 5.01. The predicted molar refractivity (Wildman–Crippen MR) is 79.9 cm³/mol. The van der Waals surface area contributed by atoms with Crippen LogP contribution in [0.3, 0.4) is 0 Å².